The number of nitro groups is 1. The summed E-state index contributed by atoms with van der Waals surface area (Å²) >= 11 is 0. The molecule has 1 unspecified atom stereocenters. The normalized spacial score (nSPS) is 20.7. The zero-order valence-electron chi connectivity index (χ0n) is 15.7. The van der Waals surface area contributed by atoms with Crippen molar-refractivity contribution in [2.24, 2.45) is 10.9 Å². The summed E-state index contributed by atoms with van der Waals surface area (Å²) in [5.74, 6) is 1.16. The number of benzene rings is 1. The molecule has 0 aromatic heterocycles. The van der Waals surface area contributed by atoms with Crippen molar-refractivity contribution in [2.75, 3.05) is 20.1 Å². The second-order valence-corrected chi connectivity index (χ2v) is 7.25. The molecule has 3 rings (SSSR count). The highest BCUT2D eigenvalue weighted by molar-refractivity contribution is 5.81. The van der Waals surface area contributed by atoms with Gasteiger partial charge in [-0.25, -0.2) is 0 Å². The first-order chi connectivity index (χ1) is 13.1. The first kappa shape index (κ1) is 19.1. The van der Waals surface area contributed by atoms with Crippen molar-refractivity contribution in [2.45, 2.75) is 44.7 Å². The van der Waals surface area contributed by atoms with Crippen molar-refractivity contribution in [3.05, 3.63) is 39.9 Å². The number of carbonyl (C=O) groups is 1. The molecular formula is C19H27N5O3. The van der Waals surface area contributed by atoms with Gasteiger partial charge < -0.3 is 15.5 Å². The van der Waals surface area contributed by atoms with E-state index in [0.29, 0.717) is 25.0 Å². The number of non-ortho nitro benzene ring substituents is 1. The van der Waals surface area contributed by atoms with Gasteiger partial charge in [0.25, 0.3) is 5.69 Å². The molecule has 2 N–H and O–H groups in total. The molecule has 1 saturated carbocycles. The maximum Gasteiger partial charge on any atom is 0.269 e. The summed E-state index contributed by atoms with van der Waals surface area (Å²) in [6, 6.07) is 6.72. The lowest BCUT2D eigenvalue weighted by Crippen LogP contribution is -2.45. The standard InChI is InChI=1S/C19H27N5O3/c1-20-19(21-12-14-5-4-8-17(11-14)24(26)27)22-16-9-10-23(13-16)18(25)15-6-2-3-7-15/h4-5,8,11,15-16H,2-3,6-7,9-10,12-13H2,1H3,(H2,20,21,22). The number of nitrogens with zero attached hydrogens (tertiary/aromatic N) is 3. The number of aliphatic imine (C=N–C) groups is 1. The van der Waals surface area contributed by atoms with Crippen LogP contribution in [0.5, 0.6) is 0 Å². The highest BCUT2D eigenvalue weighted by Gasteiger charge is 2.32. The quantitative estimate of drug-likeness (QED) is 0.356. The Balaban J connectivity index is 1.48. The van der Waals surface area contributed by atoms with Crippen LogP contribution in [0.4, 0.5) is 5.69 Å². The Morgan fingerprint density at radius 1 is 1.33 bits per heavy atom. The minimum absolute atomic E-state index is 0.0779. The largest absolute Gasteiger partial charge is 0.352 e. The smallest absolute Gasteiger partial charge is 0.269 e. The molecule has 1 aromatic carbocycles. The molecule has 0 radical (unpaired) electrons. The number of rotatable bonds is 5. The fraction of sp³-hybridized carbons (Fsp3) is 0.579. The van der Waals surface area contributed by atoms with Crippen LogP contribution in [-0.2, 0) is 11.3 Å². The average molecular weight is 373 g/mol. The lowest BCUT2D eigenvalue weighted by Gasteiger charge is -2.21. The summed E-state index contributed by atoms with van der Waals surface area (Å²) in [4.78, 5) is 29.2. The molecule has 8 nitrogen and oxygen atoms in total. The SMILES string of the molecule is CN=C(NCc1cccc([N+](=O)[O-])c1)NC1CCN(C(=O)C2CCCC2)C1. The third kappa shape index (κ3) is 4.96. The van der Waals surface area contributed by atoms with Crippen LogP contribution in [0.1, 0.15) is 37.7 Å². The number of likely N-dealkylation sites (tertiary alicyclic amines) is 1. The van der Waals surface area contributed by atoms with Gasteiger partial charge in [-0.15, -0.1) is 0 Å². The Kier molecular flexibility index (Phi) is 6.26. The van der Waals surface area contributed by atoms with Crippen molar-refractivity contribution >= 4 is 17.6 Å². The van der Waals surface area contributed by atoms with E-state index in [1.807, 2.05) is 11.0 Å². The van der Waals surface area contributed by atoms with E-state index in [1.54, 1.807) is 19.2 Å². The number of amides is 1. The number of nitro benzene ring substituents is 1. The number of carbonyl (C=O) groups excluding carboxylic acids is 1. The Morgan fingerprint density at radius 3 is 2.81 bits per heavy atom. The molecule has 1 atom stereocenters. The third-order valence-corrected chi connectivity index (χ3v) is 5.35. The van der Waals surface area contributed by atoms with Crippen LogP contribution in [-0.4, -0.2) is 47.9 Å². The molecule has 1 saturated heterocycles. The van der Waals surface area contributed by atoms with E-state index in [2.05, 4.69) is 15.6 Å². The molecule has 0 bridgehead atoms. The highest BCUT2D eigenvalue weighted by Crippen LogP contribution is 2.27. The molecule has 1 aliphatic carbocycles. The first-order valence-corrected chi connectivity index (χ1v) is 9.56. The van der Waals surface area contributed by atoms with Crippen LogP contribution < -0.4 is 10.6 Å². The van der Waals surface area contributed by atoms with Crippen LogP contribution in [0.25, 0.3) is 0 Å². The second kappa shape index (κ2) is 8.83. The van der Waals surface area contributed by atoms with Crippen molar-refractivity contribution in [3.63, 3.8) is 0 Å². The highest BCUT2D eigenvalue weighted by atomic mass is 16.6. The number of guanidine groups is 1. The Morgan fingerprint density at radius 2 is 2.11 bits per heavy atom. The molecule has 1 aliphatic heterocycles. The van der Waals surface area contributed by atoms with Crippen LogP contribution in [0.2, 0.25) is 0 Å². The number of hydrogen-bond donors (Lipinski definition) is 2. The molecule has 1 amide bonds. The van der Waals surface area contributed by atoms with E-state index in [4.69, 9.17) is 0 Å². The minimum atomic E-state index is -0.398. The van der Waals surface area contributed by atoms with Crippen LogP contribution >= 0.6 is 0 Å². The van der Waals surface area contributed by atoms with E-state index < -0.39 is 4.92 Å². The van der Waals surface area contributed by atoms with E-state index in [0.717, 1.165) is 31.4 Å². The molecule has 2 fully saturated rings. The molecule has 1 aromatic rings. The van der Waals surface area contributed by atoms with Crippen molar-refractivity contribution < 1.29 is 9.72 Å². The van der Waals surface area contributed by atoms with Gasteiger partial charge in [-0.05, 0) is 24.8 Å². The maximum atomic E-state index is 12.5. The van der Waals surface area contributed by atoms with E-state index in [-0.39, 0.29) is 17.6 Å². The van der Waals surface area contributed by atoms with Gasteiger partial charge >= 0.3 is 0 Å². The van der Waals surface area contributed by atoms with Gasteiger partial charge in [-0.2, -0.15) is 0 Å². The molecular weight excluding hydrogens is 346 g/mol. The summed E-state index contributed by atoms with van der Waals surface area (Å²) < 4.78 is 0. The fourth-order valence-electron chi connectivity index (χ4n) is 3.86. The monoisotopic (exact) mass is 373 g/mol. The Hall–Kier alpha value is -2.64. The average Bonchev–Trinajstić information content (AvgIpc) is 3.37. The van der Waals surface area contributed by atoms with Gasteiger partial charge in [0.1, 0.15) is 0 Å². The maximum absolute atomic E-state index is 12.5. The lowest BCUT2D eigenvalue weighted by molar-refractivity contribution is -0.384. The second-order valence-electron chi connectivity index (χ2n) is 7.25. The van der Waals surface area contributed by atoms with E-state index in [9.17, 15) is 14.9 Å². The van der Waals surface area contributed by atoms with Crippen molar-refractivity contribution in [3.8, 4) is 0 Å². The fourth-order valence-corrected chi connectivity index (χ4v) is 3.86. The lowest BCUT2D eigenvalue weighted by atomic mass is 10.1. The molecule has 146 valence electrons. The van der Waals surface area contributed by atoms with E-state index in [1.165, 1.54) is 18.9 Å². The Bertz CT molecular complexity index is 715. The summed E-state index contributed by atoms with van der Waals surface area (Å²) in [5, 5.41) is 17.4. The molecule has 27 heavy (non-hydrogen) atoms. The van der Waals surface area contributed by atoms with Crippen LogP contribution in [0.15, 0.2) is 29.3 Å². The summed E-state index contributed by atoms with van der Waals surface area (Å²) in [7, 11) is 1.69. The van der Waals surface area contributed by atoms with Crippen LogP contribution in [0.3, 0.4) is 0 Å². The van der Waals surface area contributed by atoms with Gasteiger partial charge in [-0.1, -0.05) is 25.0 Å². The molecule has 0 spiro atoms. The third-order valence-electron chi connectivity index (χ3n) is 5.35. The van der Waals surface area contributed by atoms with Crippen molar-refractivity contribution in [1.29, 1.82) is 0 Å². The minimum Gasteiger partial charge on any atom is -0.352 e. The molecule has 1 heterocycles. The van der Waals surface area contributed by atoms with Crippen LogP contribution in [0, 0.1) is 16.0 Å². The van der Waals surface area contributed by atoms with E-state index >= 15 is 0 Å². The van der Waals surface area contributed by atoms with Gasteiger partial charge in [0.2, 0.25) is 5.91 Å². The summed E-state index contributed by atoms with van der Waals surface area (Å²) in [5.41, 5.74) is 0.894. The zero-order valence-corrected chi connectivity index (χ0v) is 15.7. The number of hydrogen-bond acceptors (Lipinski definition) is 4. The van der Waals surface area contributed by atoms with Gasteiger partial charge in [-0.3, -0.25) is 19.9 Å². The first-order valence-electron chi connectivity index (χ1n) is 9.56. The predicted octanol–water partition coefficient (Wildman–Crippen LogP) is 2.05. The topological polar surface area (TPSA) is 99.9 Å². The van der Waals surface area contributed by atoms with Crippen molar-refractivity contribution in [1.82, 2.24) is 15.5 Å². The van der Waals surface area contributed by atoms with Gasteiger partial charge in [0.05, 0.1) is 4.92 Å². The zero-order chi connectivity index (χ0) is 19.2. The summed E-state index contributed by atoms with van der Waals surface area (Å²) in [6.45, 7) is 1.93. The number of nitrogens with one attached hydrogen (secondary N) is 2. The van der Waals surface area contributed by atoms with Gasteiger partial charge in [0, 0.05) is 50.8 Å². The van der Waals surface area contributed by atoms with Gasteiger partial charge in [0.15, 0.2) is 5.96 Å². The molecule has 8 heteroatoms. The Labute approximate surface area is 159 Å². The summed E-state index contributed by atoms with van der Waals surface area (Å²) in [6.07, 6.45) is 5.29. The predicted molar refractivity (Wildman–Crippen MR) is 103 cm³/mol. The molecule has 2 aliphatic rings.